The lowest BCUT2D eigenvalue weighted by Crippen LogP contribution is -2.54. The molecule has 3 heteroatoms. The molecule has 0 saturated heterocycles. The van der Waals surface area contributed by atoms with E-state index in [0.29, 0.717) is 24.5 Å². The Bertz CT molecular complexity index is 282. The van der Waals surface area contributed by atoms with E-state index in [1.54, 1.807) is 0 Å². The van der Waals surface area contributed by atoms with Gasteiger partial charge in [0.1, 0.15) is 0 Å². The summed E-state index contributed by atoms with van der Waals surface area (Å²) in [5.41, 5.74) is 0. The van der Waals surface area contributed by atoms with Gasteiger partial charge in [0.15, 0.2) is 0 Å². The van der Waals surface area contributed by atoms with Crippen molar-refractivity contribution in [2.45, 2.75) is 114 Å². The minimum Gasteiger partial charge on any atom is -0.393 e. The lowest BCUT2D eigenvalue weighted by Gasteiger charge is -2.48. The van der Waals surface area contributed by atoms with Crippen molar-refractivity contribution in [1.29, 1.82) is 0 Å². The van der Waals surface area contributed by atoms with Crippen LogP contribution in [0, 0.1) is 0 Å². The number of hydrogen-bond donors (Lipinski definition) is 2. The van der Waals surface area contributed by atoms with Gasteiger partial charge in [0, 0.05) is 18.1 Å². The van der Waals surface area contributed by atoms with Crippen LogP contribution in [0.1, 0.15) is 83.5 Å². The summed E-state index contributed by atoms with van der Waals surface area (Å²) in [5, 5.41) is 20.2. The third kappa shape index (κ3) is 4.00. The maximum absolute atomic E-state index is 10.1. The molecule has 3 aliphatic rings. The van der Waals surface area contributed by atoms with Crippen molar-refractivity contribution in [3.8, 4) is 0 Å². The Hall–Kier alpha value is -0.120. The molecule has 3 saturated carbocycles. The minimum atomic E-state index is -0.298. The van der Waals surface area contributed by atoms with Crippen LogP contribution in [-0.4, -0.2) is 45.4 Å². The quantitative estimate of drug-likeness (QED) is 0.840. The summed E-state index contributed by atoms with van der Waals surface area (Å²) in [6, 6.07) is 1.84. The van der Waals surface area contributed by atoms with Crippen LogP contribution in [-0.2, 0) is 0 Å². The molecule has 3 rings (SSSR count). The average molecular weight is 295 g/mol. The Morgan fingerprint density at radius 1 is 0.524 bits per heavy atom. The van der Waals surface area contributed by atoms with Gasteiger partial charge in [-0.1, -0.05) is 38.5 Å². The number of hydrogen-bond acceptors (Lipinski definition) is 3. The van der Waals surface area contributed by atoms with Crippen LogP contribution >= 0.6 is 0 Å². The zero-order valence-corrected chi connectivity index (χ0v) is 13.4. The third-order valence-electron chi connectivity index (χ3n) is 6.05. The lowest BCUT2D eigenvalue weighted by atomic mass is 9.82. The molecule has 0 aromatic heterocycles. The van der Waals surface area contributed by atoms with Gasteiger partial charge >= 0.3 is 0 Å². The van der Waals surface area contributed by atoms with Gasteiger partial charge in [0.2, 0.25) is 0 Å². The maximum Gasteiger partial charge on any atom is 0.0579 e. The fraction of sp³-hybridized carbons (Fsp3) is 1.00. The molecule has 0 heterocycles. The Morgan fingerprint density at radius 3 is 1.38 bits per heavy atom. The van der Waals surface area contributed by atoms with Crippen LogP contribution in [0.25, 0.3) is 0 Å². The summed E-state index contributed by atoms with van der Waals surface area (Å²) >= 11 is 0. The molecule has 2 unspecified atom stereocenters. The van der Waals surface area contributed by atoms with Gasteiger partial charge in [-0.05, 0) is 44.9 Å². The van der Waals surface area contributed by atoms with E-state index in [1.807, 2.05) is 0 Å². The van der Waals surface area contributed by atoms with Crippen LogP contribution in [0.4, 0.5) is 0 Å². The molecule has 0 aromatic carbocycles. The van der Waals surface area contributed by atoms with Gasteiger partial charge in [-0.15, -0.1) is 0 Å². The van der Waals surface area contributed by atoms with E-state index in [1.165, 1.54) is 64.2 Å². The molecule has 21 heavy (non-hydrogen) atoms. The third-order valence-corrected chi connectivity index (χ3v) is 6.05. The van der Waals surface area contributed by atoms with Crippen molar-refractivity contribution >= 4 is 0 Å². The van der Waals surface area contributed by atoms with E-state index in [0.717, 1.165) is 12.8 Å². The highest BCUT2D eigenvalue weighted by Gasteiger charge is 2.38. The van der Waals surface area contributed by atoms with Crippen LogP contribution in [0.2, 0.25) is 0 Å². The molecular weight excluding hydrogens is 262 g/mol. The molecular formula is C18H33NO2. The van der Waals surface area contributed by atoms with Crippen molar-refractivity contribution in [3.05, 3.63) is 0 Å². The molecule has 2 N–H and O–H groups in total. The number of rotatable bonds is 3. The van der Waals surface area contributed by atoms with Crippen molar-refractivity contribution in [2.75, 3.05) is 0 Å². The van der Waals surface area contributed by atoms with Crippen molar-refractivity contribution in [1.82, 2.24) is 4.90 Å². The number of aliphatic hydroxyl groups excluding tert-OH is 2. The molecule has 122 valence electrons. The van der Waals surface area contributed by atoms with E-state index in [9.17, 15) is 10.2 Å². The zero-order chi connectivity index (χ0) is 14.7. The monoisotopic (exact) mass is 295 g/mol. The lowest BCUT2D eigenvalue weighted by molar-refractivity contribution is -0.0461. The van der Waals surface area contributed by atoms with Gasteiger partial charge in [-0.3, -0.25) is 4.90 Å². The molecule has 3 fully saturated rings. The van der Waals surface area contributed by atoms with Gasteiger partial charge in [-0.25, -0.2) is 0 Å². The first kappa shape index (κ1) is 15.8. The molecule has 0 amide bonds. The highest BCUT2D eigenvalue weighted by atomic mass is 16.3. The average Bonchev–Trinajstić information content (AvgIpc) is 2.49. The smallest absolute Gasteiger partial charge is 0.0579 e. The highest BCUT2D eigenvalue weighted by Crippen LogP contribution is 2.36. The van der Waals surface area contributed by atoms with Crippen molar-refractivity contribution < 1.29 is 10.2 Å². The van der Waals surface area contributed by atoms with E-state index < -0.39 is 0 Å². The molecule has 3 aliphatic carbocycles. The van der Waals surface area contributed by atoms with Crippen LogP contribution in [0.3, 0.4) is 0 Å². The van der Waals surface area contributed by atoms with Gasteiger partial charge in [0.25, 0.3) is 0 Å². The molecule has 3 nitrogen and oxygen atoms in total. The predicted octanol–water partition coefficient (Wildman–Crippen LogP) is 3.23. The SMILES string of the molecule is OC1CC(O)CC(N(C2CCCCC2)C2CCCCC2)C1. The van der Waals surface area contributed by atoms with Gasteiger partial charge < -0.3 is 10.2 Å². The van der Waals surface area contributed by atoms with Crippen molar-refractivity contribution in [2.24, 2.45) is 0 Å². The van der Waals surface area contributed by atoms with Gasteiger partial charge in [0.05, 0.1) is 12.2 Å². The Labute approximate surface area is 129 Å². The fourth-order valence-corrected chi connectivity index (χ4v) is 5.13. The summed E-state index contributed by atoms with van der Waals surface area (Å²) < 4.78 is 0. The Kier molecular flexibility index (Phi) is 5.58. The minimum absolute atomic E-state index is 0.298. The number of aliphatic hydroxyl groups is 2. The Morgan fingerprint density at radius 2 is 0.952 bits per heavy atom. The van der Waals surface area contributed by atoms with Crippen LogP contribution in [0.5, 0.6) is 0 Å². The normalized spacial score (nSPS) is 37.0. The molecule has 0 bridgehead atoms. The zero-order valence-electron chi connectivity index (χ0n) is 13.4. The van der Waals surface area contributed by atoms with Crippen LogP contribution in [0.15, 0.2) is 0 Å². The topological polar surface area (TPSA) is 43.7 Å². The predicted molar refractivity (Wildman–Crippen MR) is 85.2 cm³/mol. The van der Waals surface area contributed by atoms with Crippen molar-refractivity contribution in [3.63, 3.8) is 0 Å². The summed E-state index contributed by atoms with van der Waals surface area (Å²) in [7, 11) is 0. The second kappa shape index (κ2) is 7.43. The molecule has 0 aliphatic heterocycles. The van der Waals surface area contributed by atoms with E-state index in [-0.39, 0.29) is 12.2 Å². The largest absolute Gasteiger partial charge is 0.393 e. The van der Waals surface area contributed by atoms with Gasteiger partial charge in [-0.2, -0.15) is 0 Å². The van der Waals surface area contributed by atoms with E-state index >= 15 is 0 Å². The molecule has 2 atom stereocenters. The Balaban J connectivity index is 1.73. The second-order valence-electron chi connectivity index (χ2n) is 7.70. The van der Waals surface area contributed by atoms with Crippen LogP contribution < -0.4 is 0 Å². The molecule has 0 spiro atoms. The van der Waals surface area contributed by atoms with E-state index in [4.69, 9.17) is 0 Å². The molecule has 0 radical (unpaired) electrons. The second-order valence-corrected chi connectivity index (χ2v) is 7.70. The first-order valence-corrected chi connectivity index (χ1v) is 9.37. The summed E-state index contributed by atoms with van der Waals surface area (Å²) in [5.74, 6) is 0. The maximum atomic E-state index is 10.1. The summed E-state index contributed by atoms with van der Waals surface area (Å²) in [4.78, 5) is 2.78. The summed E-state index contributed by atoms with van der Waals surface area (Å²) in [6.07, 6.45) is 15.3. The first-order chi connectivity index (χ1) is 10.2. The number of nitrogens with zero attached hydrogens (tertiary/aromatic N) is 1. The highest BCUT2D eigenvalue weighted by molar-refractivity contribution is 4.93. The fourth-order valence-electron chi connectivity index (χ4n) is 5.13. The first-order valence-electron chi connectivity index (χ1n) is 9.37. The molecule has 0 aromatic rings. The standard InChI is InChI=1S/C18H33NO2/c20-17-11-16(12-18(21)13-17)19(14-7-3-1-4-8-14)15-9-5-2-6-10-15/h14-18,20-21H,1-13H2. The summed E-state index contributed by atoms with van der Waals surface area (Å²) in [6.45, 7) is 0. The van der Waals surface area contributed by atoms with E-state index in [2.05, 4.69) is 4.90 Å².